The van der Waals surface area contributed by atoms with Crippen molar-refractivity contribution >= 4 is 32.7 Å². The summed E-state index contributed by atoms with van der Waals surface area (Å²) >= 11 is 0. The minimum absolute atomic E-state index is 0.0744. The highest BCUT2D eigenvalue weighted by atomic mass is 32.2. The molecule has 1 aromatic carbocycles. The number of amides is 2. The van der Waals surface area contributed by atoms with E-state index in [-0.39, 0.29) is 21.8 Å². The Balaban J connectivity index is 1.87. The van der Waals surface area contributed by atoms with Gasteiger partial charge in [0.2, 0.25) is 21.4 Å². The van der Waals surface area contributed by atoms with Crippen LogP contribution in [0.5, 0.6) is 0 Å². The fourth-order valence-electron chi connectivity index (χ4n) is 3.51. The summed E-state index contributed by atoms with van der Waals surface area (Å²) in [5.41, 5.74) is -0.209. The van der Waals surface area contributed by atoms with E-state index in [9.17, 15) is 22.8 Å². The minimum Gasteiger partial charge on any atom is -0.360 e. The maximum Gasteiger partial charge on any atom is 0.256 e. The Hall–Kier alpha value is -2.72. The smallest absolute Gasteiger partial charge is 0.256 e. The van der Waals surface area contributed by atoms with E-state index in [0.29, 0.717) is 25.0 Å². The number of sulfonamides is 1. The third-order valence-electron chi connectivity index (χ3n) is 5.31. The van der Waals surface area contributed by atoms with Gasteiger partial charge in [0, 0.05) is 30.2 Å². The number of hydrogen-bond donors (Lipinski definition) is 4. The van der Waals surface area contributed by atoms with Crippen LogP contribution in [0.2, 0.25) is 0 Å². The second-order valence-corrected chi connectivity index (χ2v) is 9.38. The lowest BCUT2D eigenvalue weighted by molar-refractivity contribution is -0.122. The topological polar surface area (TPSA) is 137 Å². The highest BCUT2D eigenvalue weighted by Crippen LogP contribution is 2.17. The van der Waals surface area contributed by atoms with E-state index in [1.54, 1.807) is 0 Å². The van der Waals surface area contributed by atoms with E-state index < -0.39 is 27.4 Å². The van der Waals surface area contributed by atoms with Crippen molar-refractivity contribution in [1.29, 1.82) is 0 Å². The lowest BCUT2D eigenvalue weighted by Crippen LogP contribution is -2.45. The largest absolute Gasteiger partial charge is 0.360 e. The van der Waals surface area contributed by atoms with Crippen LogP contribution in [0.15, 0.2) is 34.1 Å². The van der Waals surface area contributed by atoms with Crippen LogP contribution in [-0.2, 0) is 14.8 Å². The zero-order valence-corrected chi connectivity index (χ0v) is 18.3. The molecule has 0 bridgehead atoms. The summed E-state index contributed by atoms with van der Waals surface area (Å²) in [5.74, 6) is -0.859. The number of pyridine rings is 1. The number of fused-ring (bicyclic) bond motifs is 1. The molecular weight excluding hydrogens is 420 g/mol. The molecule has 168 valence electrons. The summed E-state index contributed by atoms with van der Waals surface area (Å²) in [5, 5.41) is 5.49. The number of rotatable bonds is 8. The summed E-state index contributed by atoms with van der Waals surface area (Å²) in [4.78, 5) is 40.1. The molecule has 10 heteroatoms. The standard InChI is InChI=1S/C21H28N4O5S/c1-2-3-5-10-22-20(27)16-13-24-17-9-8-14(12-15(17)19(16)26)31(29,30)25-18-7-4-6-11-23-21(18)28/h8-9,12-13,18,25H,2-7,10-11H2,1H3,(H,22,27)(H,23,28)(H,24,26). The van der Waals surface area contributed by atoms with E-state index in [0.717, 1.165) is 32.1 Å². The number of carbonyl (C=O) groups excluding carboxylic acids is 2. The molecule has 2 aromatic rings. The molecule has 2 amide bonds. The van der Waals surface area contributed by atoms with Gasteiger partial charge in [-0.05, 0) is 43.9 Å². The molecule has 0 saturated carbocycles. The Labute approximate surface area is 181 Å². The average Bonchev–Trinajstić information content (AvgIpc) is 2.95. The minimum atomic E-state index is -4.04. The van der Waals surface area contributed by atoms with E-state index >= 15 is 0 Å². The monoisotopic (exact) mass is 448 g/mol. The zero-order valence-electron chi connectivity index (χ0n) is 17.5. The summed E-state index contributed by atoms with van der Waals surface area (Å²) in [6, 6.07) is 3.21. The molecule has 9 nitrogen and oxygen atoms in total. The van der Waals surface area contributed by atoms with E-state index in [1.807, 2.05) is 0 Å². The van der Waals surface area contributed by atoms with Gasteiger partial charge in [-0.2, -0.15) is 4.72 Å². The quantitative estimate of drug-likeness (QED) is 0.452. The molecule has 1 atom stereocenters. The molecule has 0 spiro atoms. The van der Waals surface area contributed by atoms with E-state index in [1.165, 1.54) is 24.4 Å². The number of unbranched alkanes of at least 4 members (excludes halogenated alkanes) is 2. The normalized spacial score (nSPS) is 17.2. The maximum atomic E-state index is 12.9. The Morgan fingerprint density at radius 1 is 1.19 bits per heavy atom. The number of H-pyrrole nitrogens is 1. The van der Waals surface area contributed by atoms with Gasteiger partial charge in [0.15, 0.2) is 0 Å². The molecule has 2 heterocycles. The van der Waals surface area contributed by atoms with Crippen LogP contribution < -0.4 is 20.8 Å². The molecule has 0 radical (unpaired) electrons. The Bertz CT molecular complexity index is 1130. The van der Waals surface area contributed by atoms with Gasteiger partial charge in [0.25, 0.3) is 5.91 Å². The predicted octanol–water partition coefficient (Wildman–Crippen LogP) is 1.40. The number of benzene rings is 1. The zero-order chi connectivity index (χ0) is 22.4. The van der Waals surface area contributed by atoms with Crippen LogP contribution in [0.25, 0.3) is 10.9 Å². The van der Waals surface area contributed by atoms with Crippen LogP contribution in [0.1, 0.15) is 55.8 Å². The average molecular weight is 449 g/mol. The first-order valence-electron chi connectivity index (χ1n) is 10.6. The molecule has 1 aromatic heterocycles. The lowest BCUT2D eigenvalue weighted by atomic mass is 10.1. The summed E-state index contributed by atoms with van der Waals surface area (Å²) < 4.78 is 28.1. The number of nitrogens with one attached hydrogen (secondary N) is 4. The van der Waals surface area contributed by atoms with Crippen LogP contribution in [0.4, 0.5) is 0 Å². The van der Waals surface area contributed by atoms with Crippen molar-refractivity contribution in [2.45, 2.75) is 56.4 Å². The molecule has 1 saturated heterocycles. The first-order chi connectivity index (χ1) is 14.8. The van der Waals surface area contributed by atoms with Crippen LogP contribution in [-0.4, -0.2) is 44.3 Å². The SMILES string of the molecule is CCCCCNC(=O)c1c[nH]c2ccc(S(=O)(=O)NC3CCCCNC3=O)cc2c1=O. The van der Waals surface area contributed by atoms with Gasteiger partial charge in [-0.3, -0.25) is 14.4 Å². The van der Waals surface area contributed by atoms with Crippen molar-refractivity contribution in [1.82, 2.24) is 20.3 Å². The van der Waals surface area contributed by atoms with Crippen molar-refractivity contribution in [3.8, 4) is 0 Å². The summed E-state index contributed by atoms with van der Waals surface area (Å²) in [6.07, 6.45) is 6.06. The molecule has 1 unspecified atom stereocenters. The Morgan fingerprint density at radius 2 is 2.00 bits per heavy atom. The highest BCUT2D eigenvalue weighted by molar-refractivity contribution is 7.89. The number of aromatic nitrogens is 1. The van der Waals surface area contributed by atoms with Crippen molar-refractivity contribution in [2.75, 3.05) is 13.1 Å². The van der Waals surface area contributed by atoms with Gasteiger partial charge in [0.1, 0.15) is 11.6 Å². The Morgan fingerprint density at radius 3 is 2.77 bits per heavy atom. The van der Waals surface area contributed by atoms with Crippen molar-refractivity contribution in [3.63, 3.8) is 0 Å². The molecule has 4 N–H and O–H groups in total. The van der Waals surface area contributed by atoms with E-state index in [4.69, 9.17) is 0 Å². The first-order valence-corrected chi connectivity index (χ1v) is 12.1. The highest BCUT2D eigenvalue weighted by Gasteiger charge is 2.27. The molecule has 1 aliphatic rings. The number of hydrogen-bond acceptors (Lipinski definition) is 5. The molecule has 0 aliphatic carbocycles. The van der Waals surface area contributed by atoms with Gasteiger partial charge >= 0.3 is 0 Å². The van der Waals surface area contributed by atoms with Crippen molar-refractivity contribution in [2.24, 2.45) is 0 Å². The molecule has 1 fully saturated rings. The van der Waals surface area contributed by atoms with Gasteiger partial charge in [0.05, 0.1) is 4.90 Å². The van der Waals surface area contributed by atoms with Crippen molar-refractivity contribution < 1.29 is 18.0 Å². The molecule has 31 heavy (non-hydrogen) atoms. The maximum absolute atomic E-state index is 12.9. The molecule has 1 aliphatic heterocycles. The van der Waals surface area contributed by atoms with Gasteiger partial charge in [-0.15, -0.1) is 0 Å². The van der Waals surface area contributed by atoms with Gasteiger partial charge in [-0.1, -0.05) is 19.8 Å². The van der Waals surface area contributed by atoms with Crippen molar-refractivity contribution in [3.05, 3.63) is 40.2 Å². The summed E-state index contributed by atoms with van der Waals surface area (Å²) in [7, 11) is -4.04. The second-order valence-electron chi connectivity index (χ2n) is 7.66. The predicted molar refractivity (Wildman–Crippen MR) is 117 cm³/mol. The molecular formula is C21H28N4O5S. The second kappa shape index (κ2) is 10.1. The first kappa shape index (κ1) is 23.0. The van der Waals surface area contributed by atoms with Crippen LogP contribution in [0, 0.1) is 0 Å². The fourth-order valence-corrected chi connectivity index (χ4v) is 4.77. The lowest BCUT2D eigenvalue weighted by Gasteiger charge is -2.15. The van der Waals surface area contributed by atoms with Gasteiger partial charge in [-0.25, -0.2) is 8.42 Å². The third kappa shape index (κ3) is 5.50. The third-order valence-corrected chi connectivity index (χ3v) is 6.78. The fraction of sp³-hybridized carbons (Fsp3) is 0.476. The molecule has 3 rings (SSSR count). The van der Waals surface area contributed by atoms with Crippen LogP contribution in [0.3, 0.4) is 0 Å². The summed E-state index contributed by atoms with van der Waals surface area (Å²) in [6.45, 7) is 3.04. The number of carbonyl (C=O) groups is 2. The van der Waals surface area contributed by atoms with Crippen LogP contribution >= 0.6 is 0 Å². The van der Waals surface area contributed by atoms with Gasteiger partial charge < -0.3 is 15.6 Å². The van der Waals surface area contributed by atoms with E-state index in [2.05, 4.69) is 27.3 Å². The Kier molecular flexibility index (Phi) is 7.45. The number of aromatic amines is 1.